The number of hydrogen-bond donors (Lipinski definition) is 2. The molecule has 1 aliphatic rings. The lowest BCUT2D eigenvalue weighted by molar-refractivity contribution is 0.235. The molecule has 0 spiro atoms. The maximum absolute atomic E-state index is 3.07. The number of hydrogen-bond acceptors (Lipinski definition) is 3. The lowest BCUT2D eigenvalue weighted by Gasteiger charge is -2.09. The minimum atomic E-state index is 1.19. The maximum Gasteiger partial charge on any atom is 0.0451 e. The molecule has 0 atom stereocenters. The van der Waals surface area contributed by atoms with Crippen LogP contribution in [0.25, 0.3) is 0 Å². The number of hydrazine groups is 2. The van der Waals surface area contributed by atoms with Crippen molar-refractivity contribution >= 4 is 0 Å². The van der Waals surface area contributed by atoms with Crippen LogP contribution in [0.2, 0.25) is 0 Å². The van der Waals surface area contributed by atoms with Crippen LogP contribution in [0.4, 0.5) is 0 Å². The third-order valence-corrected chi connectivity index (χ3v) is 1.23. The van der Waals surface area contributed by atoms with Gasteiger partial charge in [-0.25, -0.2) is 0 Å². The second-order valence-electron chi connectivity index (χ2n) is 2.03. The third kappa shape index (κ3) is 0.767. The second kappa shape index (κ2) is 1.67. The predicted molar refractivity (Wildman–Crippen MR) is 32.4 cm³/mol. The SMILES string of the molecule is CC1=C(C)NN(C)N1. The van der Waals surface area contributed by atoms with Gasteiger partial charge in [0.15, 0.2) is 0 Å². The molecule has 8 heavy (non-hydrogen) atoms. The van der Waals surface area contributed by atoms with Crippen molar-refractivity contribution in [3.63, 3.8) is 0 Å². The van der Waals surface area contributed by atoms with Gasteiger partial charge in [-0.15, -0.1) is 5.12 Å². The van der Waals surface area contributed by atoms with Gasteiger partial charge in [0.25, 0.3) is 0 Å². The van der Waals surface area contributed by atoms with Crippen LogP contribution in [0.15, 0.2) is 11.4 Å². The molecular formula is C5H11N3. The Labute approximate surface area is 49.3 Å². The van der Waals surface area contributed by atoms with E-state index in [1.54, 1.807) is 0 Å². The first-order chi connectivity index (χ1) is 3.70. The Morgan fingerprint density at radius 2 is 1.50 bits per heavy atom. The number of nitrogens with one attached hydrogen (secondary N) is 2. The molecule has 46 valence electrons. The Balaban J connectivity index is 2.60. The van der Waals surface area contributed by atoms with Gasteiger partial charge in [-0.05, 0) is 13.8 Å². The molecule has 3 heteroatoms. The fraction of sp³-hybridized carbons (Fsp3) is 0.600. The molecule has 1 heterocycles. The monoisotopic (exact) mass is 113 g/mol. The second-order valence-corrected chi connectivity index (χ2v) is 2.03. The molecule has 0 fully saturated rings. The summed E-state index contributed by atoms with van der Waals surface area (Å²) in [6, 6.07) is 0. The zero-order valence-electron chi connectivity index (χ0n) is 5.45. The highest BCUT2D eigenvalue weighted by Gasteiger charge is 2.07. The zero-order valence-corrected chi connectivity index (χ0v) is 5.45. The van der Waals surface area contributed by atoms with Gasteiger partial charge >= 0.3 is 0 Å². The van der Waals surface area contributed by atoms with Crippen molar-refractivity contribution in [2.24, 2.45) is 0 Å². The first-order valence-electron chi connectivity index (χ1n) is 2.64. The fourth-order valence-corrected chi connectivity index (χ4v) is 0.699. The first-order valence-corrected chi connectivity index (χ1v) is 2.64. The molecule has 0 aromatic rings. The highest BCUT2D eigenvalue weighted by Crippen LogP contribution is 2.01. The van der Waals surface area contributed by atoms with Crippen LogP contribution in [-0.4, -0.2) is 12.2 Å². The summed E-state index contributed by atoms with van der Waals surface area (Å²) in [5.41, 5.74) is 8.51. The normalized spacial score (nSPS) is 20.9. The fourth-order valence-electron chi connectivity index (χ4n) is 0.699. The van der Waals surface area contributed by atoms with Crippen molar-refractivity contribution < 1.29 is 0 Å². The average Bonchev–Trinajstić information content (AvgIpc) is 1.85. The van der Waals surface area contributed by atoms with Crippen molar-refractivity contribution in [1.29, 1.82) is 0 Å². The molecule has 0 saturated heterocycles. The Morgan fingerprint density at radius 1 is 1.12 bits per heavy atom. The summed E-state index contributed by atoms with van der Waals surface area (Å²) in [6.45, 7) is 4.07. The summed E-state index contributed by atoms with van der Waals surface area (Å²) in [4.78, 5) is 0. The molecule has 1 rings (SSSR count). The molecule has 2 N–H and O–H groups in total. The number of rotatable bonds is 0. The molecule has 0 aliphatic carbocycles. The van der Waals surface area contributed by atoms with Crippen molar-refractivity contribution in [3.8, 4) is 0 Å². The van der Waals surface area contributed by atoms with E-state index in [1.807, 2.05) is 26.0 Å². The van der Waals surface area contributed by atoms with Gasteiger partial charge in [-0.1, -0.05) is 0 Å². The standard InChI is InChI=1S/C5H11N3/c1-4-5(2)7-8(3)6-4/h6-7H,1-3H3. The molecule has 3 nitrogen and oxygen atoms in total. The zero-order chi connectivity index (χ0) is 6.15. The molecule has 0 saturated carbocycles. The summed E-state index contributed by atoms with van der Waals surface area (Å²) in [6.07, 6.45) is 0. The molecule has 0 bridgehead atoms. The van der Waals surface area contributed by atoms with Crippen LogP contribution >= 0.6 is 0 Å². The summed E-state index contributed by atoms with van der Waals surface area (Å²) >= 11 is 0. The number of allylic oxidation sites excluding steroid dienone is 2. The van der Waals surface area contributed by atoms with Crippen LogP contribution in [0.3, 0.4) is 0 Å². The van der Waals surface area contributed by atoms with Crippen molar-refractivity contribution in [2.75, 3.05) is 7.05 Å². The minimum Gasteiger partial charge on any atom is -0.304 e. The summed E-state index contributed by atoms with van der Waals surface area (Å²) in [5.74, 6) is 0. The largest absolute Gasteiger partial charge is 0.304 e. The van der Waals surface area contributed by atoms with E-state index in [9.17, 15) is 0 Å². The molecule has 0 radical (unpaired) electrons. The van der Waals surface area contributed by atoms with E-state index < -0.39 is 0 Å². The topological polar surface area (TPSA) is 27.3 Å². The van der Waals surface area contributed by atoms with Crippen LogP contribution in [0.5, 0.6) is 0 Å². The molecule has 0 aromatic carbocycles. The van der Waals surface area contributed by atoms with Crippen molar-refractivity contribution in [3.05, 3.63) is 11.4 Å². The lowest BCUT2D eigenvalue weighted by Crippen LogP contribution is -2.35. The van der Waals surface area contributed by atoms with E-state index in [4.69, 9.17) is 0 Å². The Bertz CT molecular complexity index is 114. The van der Waals surface area contributed by atoms with Crippen LogP contribution < -0.4 is 10.9 Å². The van der Waals surface area contributed by atoms with Crippen molar-refractivity contribution in [1.82, 2.24) is 16.0 Å². The van der Waals surface area contributed by atoms with E-state index in [0.29, 0.717) is 0 Å². The maximum atomic E-state index is 3.07. The Kier molecular flexibility index (Phi) is 1.13. The van der Waals surface area contributed by atoms with Gasteiger partial charge in [0.1, 0.15) is 0 Å². The molecule has 0 unspecified atom stereocenters. The van der Waals surface area contributed by atoms with E-state index >= 15 is 0 Å². The minimum absolute atomic E-state index is 1.19. The van der Waals surface area contributed by atoms with Gasteiger partial charge in [0.05, 0.1) is 0 Å². The Hall–Kier alpha value is -0.700. The average molecular weight is 113 g/mol. The molecular weight excluding hydrogens is 102 g/mol. The summed E-state index contributed by atoms with van der Waals surface area (Å²) < 4.78 is 0. The first kappa shape index (κ1) is 5.44. The van der Waals surface area contributed by atoms with Gasteiger partial charge in [0.2, 0.25) is 0 Å². The van der Waals surface area contributed by atoms with Gasteiger partial charge < -0.3 is 10.9 Å². The van der Waals surface area contributed by atoms with E-state index in [0.717, 1.165) is 0 Å². The summed E-state index contributed by atoms with van der Waals surface area (Å²) in [5, 5.41) is 1.82. The van der Waals surface area contributed by atoms with Gasteiger partial charge in [-0.2, -0.15) is 0 Å². The quantitative estimate of drug-likeness (QED) is 0.469. The highest BCUT2D eigenvalue weighted by molar-refractivity contribution is 5.07. The van der Waals surface area contributed by atoms with E-state index in [1.165, 1.54) is 11.4 Å². The third-order valence-electron chi connectivity index (χ3n) is 1.23. The molecule has 1 aliphatic heterocycles. The van der Waals surface area contributed by atoms with Gasteiger partial charge in [-0.3, -0.25) is 0 Å². The van der Waals surface area contributed by atoms with Crippen LogP contribution in [0.1, 0.15) is 13.8 Å². The van der Waals surface area contributed by atoms with Crippen LogP contribution in [-0.2, 0) is 0 Å². The smallest absolute Gasteiger partial charge is 0.0451 e. The number of nitrogens with zero attached hydrogens (tertiary/aromatic N) is 1. The highest BCUT2D eigenvalue weighted by atomic mass is 15.7. The molecule has 0 amide bonds. The van der Waals surface area contributed by atoms with Crippen molar-refractivity contribution in [2.45, 2.75) is 13.8 Å². The predicted octanol–water partition coefficient (Wildman–Crippen LogP) is 0.192. The van der Waals surface area contributed by atoms with E-state index in [-0.39, 0.29) is 0 Å². The Morgan fingerprint density at radius 3 is 1.62 bits per heavy atom. The van der Waals surface area contributed by atoms with E-state index in [2.05, 4.69) is 10.9 Å². The lowest BCUT2D eigenvalue weighted by atomic mass is 10.4. The molecule has 0 aromatic heterocycles. The van der Waals surface area contributed by atoms with Gasteiger partial charge in [0, 0.05) is 18.4 Å². The van der Waals surface area contributed by atoms with Crippen LogP contribution in [0, 0.1) is 0 Å². The summed E-state index contributed by atoms with van der Waals surface area (Å²) in [7, 11) is 1.93.